The van der Waals surface area contributed by atoms with Crippen molar-refractivity contribution in [2.45, 2.75) is 13.8 Å². The van der Waals surface area contributed by atoms with Crippen molar-refractivity contribution in [3.8, 4) is 0 Å². The van der Waals surface area contributed by atoms with E-state index in [4.69, 9.17) is 0 Å². The highest BCUT2D eigenvalue weighted by Gasteiger charge is 2.16. The SMILES string of the molecule is CC1=CC=C/C(=C/C=C2/C(C)=Nc3ccccc32)N1C. The first-order valence-corrected chi connectivity index (χ1v) is 6.82. The van der Waals surface area contributed by atoms with E-state index in [-0.39, 0.29) is 0 Å². The summed E-state index contributed by atoms with van der Waals surface area (Å²) in [7, 11) is 2.09. The van der Waals surface area contributed by atoms with Gasteiger partial charge in [0.25, 0.3) is 0 Å². The van der Waals surface area contributed by atoms with Crippen LogP contribution in [0.1, 0.15) is 19.4 Å². The van der Waals surface area contributed by atoms with Crippen LogP contribution >= 0.6 is 0 Å². The molecule has 2 heteroatoms. The summed E-state index contributed by atoms with van der Waals surface area (Å²) in [6.45, 7) is 4.18. The fourth-order valence-electron chi connectivity index (χ4n) is 2.49. The first-order valence-electron chi connectivity index (χ1n) is 6.82. The number of allylic oxidation sites excluding steroid dienone is 7. The van der Waals surface area contributed by atoms with Crippen molar-refractivity contribution in [3.05, 3.63) is 71.6 Å². The van der Waals surface area contributed by atoms with E-state index in [1.54, 1.807) is 0 Å². The van der Waals surface area contributed by atoms with Gasteiger partial charge < -0.3 is 4.90 Å². The van der Waals surface area contributed by atoms with Crippen LogP contribution in [0.2, 0.25) is 0 Å². The summed E-state index contributed by atoms with van der Waals surface area (Å²) in [5, 5.41) is 0. The molecule has 2 heterocycles. The first-order chi connectivity index (χ1) is 9.66. The maximum atomic E-state index is 4.61. The molecule has 0 spiro atoms. The molecule has 0 saturated heterocycles. The highest BCUT2D eigenvalue weighted by Crippen LogP contribution is 2.34. The van der Waals surface area contributed by atoms with Crippen LogP contribution < -0.4 is 0 Å². The lowest BCUT2D eigenvalue weighted by atomic mass is 10.0. The lowest BCUT2D eigenvalue weighted by Gasteiger charge is -2.23. The predicted molar refractivity (Wildman–Crippen MR) is 85.9 cm³/mol. The average molecular weight is 262 g/mol. The van der Waals surface area contributed by atoms with Crippen LogP contribution in [-0.2, 0) is 0 Å². The molecule has 0 fully saturated rings. The third-order valence-corrected chi connectivity index (χ3v) is 3.81. The Bertz CT molecular complexity index is 700. The van der Waals surface area contributed by atoms with Crippen molar-refractivity contribution in [2.75, 3.05) is 7.05 Å². The van der Waals surface area contributed by atoms with Gasteiger partial charge in [-0.05, 0) is 38.1 Å². The van der Waals surface area contributed by atoms with E-state index in [1.165, 1.54) is 22.5 Å². The lowest BCUT2D eigenvalue weighted by molar-refractivity contribution is 0.533. The molecule has 1 aromatic carbocycles. The summed E-state index contributed by atoms with van der Waals surface area (Å²) in [5.41, 5.74) is 7.01. The topological polar surface area (TPSA) is 15.6 Å². The summed E-state index contributed by atoms with van der Waals surface area (Å²) < 4.78 is 0. The molecule has 2 nitrogen and oxygen atoms in total. The molecule has 0 atom stereocenters. The standard InChI is InChI=1S/C18H18N2/c1-13-7-6-8-15(20(13)3)11-12-16-14(2)19-18-10-5-4-9-17(16)18/h4-12H,1-3H3/b15-11-,16-12-. The number of aliphatic imine (C=N–C) groups is 1. The second-order valence-corrected chi connectivity index (χ2v) is 5.11. The van der Waals surface area contributed by atoms with Crippen molar-refractivity contribution in [2.24, 2.45) is 4.99 Å². The fraction of sp³-hybridized carbons (Fsp3) is 0.167. The Kier molecular flexibility index (Phi) is 3.15. The molecule has 0 aliphatic carbocycles. The van der Waals surface area contributed by atoms with Gasteiger partial charge in [0.1, 0.15) is 0 Å². The molecule has 0 unspecified atom stereocenters. The Morgan fingerprint density at radius 2 is 1.90 bits per heavy atom. The minimum atomic E-state index is 1.07. The van der Waals surface area contributed by atoms with Gasteiger partial charge in [-0.25, -0.2) is 0 Å². The Balaban J connectivity index is 1.97. The normalized spacial score (nSPS) is 21.2. The van der Waals surface area contributed by atoms with Crippen LogP contribution in [0.3, 0.4) is 0 Å². The number of hydrogen-bond donors (Lipinski definition) is 0. The van der Waals surface area contributed by atoms with Gasteiger partial charge >= 0.3 is 0 Å². The predicted octanol–water partition coefficient (Wildman–Crippen LogP) is 4.47. The van der Waals surface area contributed by atoms with Crippen molar-refractivity contribution >= 4 is 17.0 Å². The lowest BCUT2D eigenvalue weighted by Crippen LogP contribution is -2.15. The maximum absolute atomic E-state index is 4.61. The van der Waals surface area contributed by atoms with Gasteiger partial charge in [0, 0.05) is 35.3 Å². The van der Waals surface area contributed by atoms with E-state index >= 15 is 0 Å². The molecule has 0 bridgehead atoms. The molecule has 0 saturated carbocycles. The van der Waals surface area contributed by atoms with Gasteiger partial charge in [-0.2, -0.15) is 0 Å². The summed E-state index contributed by atoms with van der Waals surface area (Å²) in [4.78, 5) is 6.79. The molecule has 100 valence electrons. The Morgan fingerprint density at radius 3 is 2.75 bits per heavy atom. The summed E-state index contributed by atoms with van der Waals surface area (Å²) in [6, 6.07) is 8.29. The first kappa shape index (κ1) is 12.7. The van der Waals surface area contributed by atoms with Crippen molar-refractivity contribution in [1.82, 2.24) is 4.90 Å². The highest BCUT2D eigenvalue weighted by atomic mass is 15.1. The van der Waals surface area contributed by atoms with E-state index < -0.39 is 0 Å². The Labute approximate surface area is 120 Å². The van der Waals surface area contributed by atoms with Gasteiger partial charge in [-0.15, -0.1) is 0 Å². The number of likely N-dealkylation sites (N-methyl/N-ethyl adjacent to an activating group) is 1. The molecule has 2 aliphatic rings. The number of rotatable bonds is 1. The molecule has 1 aromatic rings. The quantitative estimate of drug-likeness (QED) is 0.729. The second-order valence-electron chi connectivity index (χ2n) is 5.11. The summed E-state index contributed by atoms with van der Waals surface area (Å²) in [5.74, 6) is 0. The Hall–Kier alpha value is -2.35. The Morgan fingerprint density at radius 1 is 1.10 bits per heavy atom. The average Bonchev–Trinajstić information content (AvgIpc) is 2.76. The van der Waals surface area contributed by atoms with Crippen LogP contribution in [0.25, 0.3) is 5.57 Å². The summed E-state index contributed by atoms with van der Waals surface area (Å²) in [6.07, 6.45) is 10.6. The smallest absolute Gasteiger partial charge is 0.0712 e. The molecule has 0 amide bonds. The van der Waals surface area contributed by atoms with Crippen molar-refractivity contribution < 1.29 is 0 Å². The number of nitrogens with zero attached hydrogens (tertiary/aromatic N) is 2. The molecule has 0 radical (unpaired) electrons. The number of fused-ring (bicyclic) bond motifs is 1. The minimum Gasteiger partial charge on any atom is -0.348 e. The molecular formula is C18H18N2. The number of benzene rings is 1. The van der Waals surface area contributed by atoms with Gasteiger partial charge in [0.15, 0.2) is 0 Å². The van der Waals surface area contributed by atoms with Crippen molar-refractivity contribution in [1.29, 1.82) is 0 Å². The van der Waals surface area contributed by atoms with Crippen molar-refractivity contribution in [3.63, 3.8) is 0 Å². The third-order valence-electron chi connectivity index (χ3n) is 3.81. The van der Waals surface area contributed by atoms with E-state index in [2.05, 4.69) is 79.4 Å². The molecule has 3 rings (SSSR count). The molecule has 20 heavy (non-hydrogen) atoms. The van der Waals surface area contributed by atoms with Crippen LogP contribution in [-0.4, -0.2) is 17.7 Å². The van der Waals surface area contributed by atoms with Crippen LogP contribution in [0, 0.1) is 0 Å². The van der Waals surface area contributed by atoms with Gasteiger partial charge in [-0.3, -0.25) is 4.99 Å². The summed E-state index contributed by atoms with van der Waals surface area (Å²) >= 11 is 0. The number of hydrogen-bond acceptors (Lipinski definition) is 2. The maximum Gasteiger partial charge on any atom is 0.0712 e. The zero-order chi connectivity index (χ0) is 14.1. The van der Waals surface area contributed by atoms with E-state index in [9.17, 15) is 0 Å². The van der Waals surface area contributed by atoms with E-state index in [0.717, 1.165) is 11.4 Å². The number of para-hydroxylation sites is 1. The zero-order valence-corrected chi connectivity index (χ0v) is 12.1. The molecule has 2 aliphatic heterocycles. The molecule has 0 aromatic heterocycles. The largest absolute Gasteiger partial charge is 0.348 e. The van der Waals surface area contributed by atoms with Crippen LogP contribution in [0.5, 0.6) is 0 Å². The van der Waals surface area contributed by atoms with Crippen LogP contribution in [0.15, 0.2) is 71.0 Å². The molecule has 0 N–H and O–H groups in total. The monoisotopic (exact) mass is 262 g/mol. The molecular weight excluding hydrogens is 244 g/mol. The van der Waals surface area contributed by atoms with E-state index in [1.807, 2.05) is 6.07 Å². The second kappa shape index (κ2) is 4.97. The van der Waals surface area contributed by atoms with Gasteiger partial charge in [0.2, 0.25) is 0 Å². The van der Waals surface area contributed by atoms with E-state index in [0.29, 0.717) is 0 Å². The zero-order valence-electron chi connectivity index (χ0n) is 12.1. The van der Waals surface area contributed by atoms with Crippen LogP contribution in [0.4, 0.5) is 5.69 Å². The third kappa shape index (κ3) is 2.14. The van der Waals surface area contributed by atoms with Gasteiger partial charge in [-0.1, -0.05) is 30.4 Å². The fourth-order valence-corrected chi connectivity index (χ4v) is 2.49. The minimum absolute atomic E-state index is 1.07. The highest BCUT2D eigenvalue weighted by molar-refractivity contribution is 6.28. The van der Waals surface area contributed by atoms with Gasteiger partial charge in [0.05, 0.1) is 5.69 Å².